The molecule has 0 aliphatic heterocycles. The number of hydrogen-bond donors (Lipinski definition) is 1. The summed E-state index contributed by atoms with van der Waals surface area (Å²) in [4.78, 5) is 37.8. The molecule has 570 valence electrons. The summed E-state index contributed by atoms with van der Waals surface area (Å²) in [6, 6.07) is 0. The van der Waals surface area contributed by atoms with E-state index >= 15 is 0 Å². The molecule has 0 aromatic rings. The average Bonchev–Trinajstić information content (AvgIpc) is 2.19. The SMILES string of the molecule is CC/C=C\C/C=C\C/C=C\C/C=C\C/C=C\C/C=C\C/C=C\C/C=C\C/C=C\CCCCCCCCCCCC(=O)OC(COC(=O)CCCCCCCCCCCCCCCCCCCCCCCCCCC/C=C\CCCCCCCCCC)COC(OCC[N+](C)(C)C)C(=O)O. The lowest BCUT2D eigenvalue weighted by molar-refractivity contribution is -0.870. The van der Waals surface area contributed by atoms with Crippen LogP contribution in [0.15, 0.2) is 122 Å². The topological polar surface area (TPSA) is 108 Å². The number of carboxylic acids is 1. The van der Waals surface area contributed by atoms with Crippen LogP contribution in [0.3, 0.4) is 0 Å². The number of quaternary nitrogens is 1. The number of carbonyl (C=O) groups is 3. The Morgan fingerprint density at radius 1 is 0.313 bits per heavy atom. The number of likely N-dealkylation sites (N-methyl/N-ethyl adjacent to an activating group) is 1. The molecule has 0 rings (SSSR count). The Hall–Kier alpha value is -4.31. The predicted octanol–water partition coefficient (Wildman–Crippen LogP) is 27.0. The van der Waals surface area contributed by atoms with E-state index in [1.54, 1.807) is 0 Å². The molecule has 0 fully saturated rings. The van der Waals surface area contributed by atoms with Crippen molar-refractivity contribution in [2.45, 2.75) is 386 Å². The van der Waals surface area contributed by atoms with Crippen molar-refractivity contribution in [2.75, 3.05) is 47.5 Å². The number of rotatable bonds is 77. The van der Waals surface area contributed by atoms with Crippen LogP contribution in [0.2, 0.25) is 0 Å². The number of carboxylic acid groups (broad SMARTS) is 1. The van der Waals surface area contributed by atoms with Crippen molar-refractivity contribution in [1.29, 1.82) is 0 Å². The number of aliphatic carboxylic acids is 1. The first-order valence-corrected chi connectivity index (χ1v) is 41.7. The highest BCUT2D eigenvalue weighted by Gasteiger charge is 2.25. The van der Waals surface area contributed by atoms with E-state index in [0.717, 1.165) is 103 Å². The van der Waals surface area contributed by atoms with Gasteiger partial charge >= 0.3 is 17.9 Å². The van der Waals surface area contributed by atoms with Gasteiger partial charge in [-0.25, -0.2) is 4.79 Å². The summed E-state index contributed by atoms with van der Waals surface area (Å²) >= 11 is 0. The number of carbonyl (C=O) groups excluding carboxylic acids is 2. The Kier molecular flexibility index (Phi) is 75.9. The molecule has 0 aromatic carbocycles. The van der Waals surface area contributed by atoms with Crippen LogP contribution in [0, 0.1) is 0 Å². The molecule has 1 N–H and O–H groups in total. The first-order chi connectivity index (χ1) is 48.6. The van der Waals surface area contributed by atoms with E-state index in [1.807, 2.05) is 21.1 Å². The van der Waals surface area contributed by atoms with Crippen molar-refractivity contribution in [2.24, 2.45) is 0 Å². The summed E-state index contributed by atoms with van der Waals surface area (Å²) in [5.74, 6) is -2.00. The standard InChI is InChI=1S/C90H157NO8/c1-6-8-10-12-14-16-18-20-22-24-26-28-30-32-34-36-38-40-42-44-46-48-50-52-54-56-58-60-62-64-66-68-70-72-74-76-78-80-87(92)97-84-86(85-98-90(89(94)95)96-83-82-91(3,4)5)99-88(93)81-79-77-75-73-71-69-67-65-63-61-59-57-55-53-51-49-47-45-43-41-39-37-35-33-31-29-27-25-23-21-19-17-15-13-11-9-7-2/h9,11,15,17,21,23-24,26-27,29,33,35,39,41,45,47,51,53,57,59,86,90H,6-8,10,12-14,16,18-20,22,25,28,30-32,34,36-38,40,42-44,46,48-50,52,54-56,58,60-85H2,1-5H3/p+1/b11-9-,17-15-,23-21-,26-24-,29-27-,35-33-,41-39-,47-45-,53-51-,59-57-. The molecule has 0 aliphatic carbocycles. The van der Waals surface area contributed by atoms with Gasteiger partial charge in [0.2, 0.25) is 0 Å². The molecule has 0 spiro atoms. The van der Waals surface area contributed by atoms with Crippen molar-refractivity contribution in [1.82, 2.24) is 0 Å². The van der Waals surface area contributed by atoms with Gasteiger partial charge in [-0.15, -0.1) is 0 Å². The molecule has 0 saturated carbocycles. The maximum atomic E-state index is 13.0. The van der Waals surface area contributed by atoms with Gasteiger partial charge in [0, 0.05) is 12.8 Å². The summed E-state index contributed by atoms with van der Waals surface area (Å²) in [6.45, 7) is 4.79. The zero-order valence-electron chi connectivity index (χ0n) is 65.4. The molecule has 9 heteroatoms. The Labute approximate surface area is 612 Å². The van der Waals surface area contributed by atoms with Crippen molar-refractivity contribution >= 4 is 17.9 Å². The smallest absolute Gasteiger partial charge is 0.361 e. The van der Waals surface area contributed by atoms with Crippen molar-refractivity contribution in [3.8, 4) is 0 Å². The monoisotopic (exact) mass is 1380 g/mol. The lowest BCUT2D eigenvalue weighted by atomic mass is 10.0. The second-order valence-corrected chi connectivity index (χ2v) is 29.1. The number of unbranched alkanes of at least 4 members (excludes halogenated alkanes) is 42. The predicted molar refractivity (Wildman–Crippen MR) is 428 cm³/mol. The zero-order valence-corrected chi connectivity index (χ0v) is 65.4. The van der Waals surface area contributed by atoms with Crippen LogP contribution in [0.25, 0.3) is 0 Å². The minimum atomic E-state index is -1.52. The Morgan fingerprint density at radius 3 is 0.869 bits per heavy atom. The van der Waals surface area contributed by atoms with E-state index in [0.29, 0.717) is 23.9 Å². The fourth-order valence-electron chi connectivity index (χ4n) is 11.9. The number of nitrogens with zero attached hydrogens (tertiary/aromatic N) is 1. The molecule has 2 atom stereocenters. The Morgan fingerprint density at radius 2 is 0.576 bits per heavy atom. The fourth-order valence-corrected chi connectivity index (χ4v) is 11.9. The second-order valence-electron chi connectivity index (χ2n) is 29.1. The van der Waals surface area contributed by atoms with Crippen LogP contribution in [0.5, 0.6) is 0 Å². The highest BCUT2D eigenvalue weighted by atomic mass is 16.7. The summed E-state index contributed by atoms with van der Waals surface area (Å²) < 4.78 is 23.1. The van der Waals surface area contributed by atoms with E-state index in [1.165, 1.54) is 238 Å². The van der Waals surface area contributed by atoms with Gasteiger partial charge in [0.1, 0.15) is 13.2 Å². The van der Waals surface area contributed by atoms with Crippen LogP contribution in [-0.4, -0.2) is 87.4 Å². The molecule has 0 amide bonds. The highest BCUT2D eigenvalue weighted by Crippen LogP contribution is 2.19. The van der Waals surface area contributed by atoms with Crippen molar-refractivity contribution in [3.05, 3.63) is 122 Å². The van der Waals surface area contributed by atoms with Gasteiger partial charge < -0.3 is 28.5 Å². The van der Waals surface area contributed by atoms with Crippen LogP contribution in [0.4, 0.5) is 0 Å². The highest BCUT2D eigenvalue weighted by molar-refractivity contribution is 5.71. The minimum Gasteiger partial charge on any atom is -0.477 e. The molecule has 0 bridgehead atoms. The molecule has 9 nitrogen and oxygen atoms in total. The molecular formula is C90H158NO8+. The maximum absolute atomic E-state index is 13.0. The van der Waals surface area contributed by atoms with Gasteiger partial charge in [-0.2, -0.15) is 0 Å². The quantitative estimate of drug-likeness (QED) is 0.0211. The Balaban J connectivity index is 4.04. The molecule has 0 aromatic heterocycles. The number of hydrogen-bond acceptors (Lipinski definition) is 7. The van der Waals surface area contributed by atoms with Crippen LogP contribution in [0.1, 0.15) is 373 Å². The first kappa shape index (κ1) is 94.7. The summed E-state index contributed by atoms with van der Waals surface area (Å²) in [6.07, 6.45) is 111. The van der Waals surface area contributed by atoms with Crippen molar-refractivity contribution in [3.63, 3.8) is 0 Å². The lowest BCUT2D eigenvalue weighted by Crippen LogP contribution is -2.40. The van der Waals surface area contributed by atoms with Crippen LogP contribution < -0.4 is 0 Å². The van der Waals surface area contributed by atoms with Gasteiger partial charge in [-0.3, -0.25) is 9.59 Å². The third-order valence-electron chi connectivity index (χ3n) is 18.2. The third-order valence-corrected chi connectivity index (χ3v) is 18.2. The van der Waals surface area contributed by atoms with Gasteiger partial charge in [-0.1, -0.05) is 373 Å². The first-order valence-electron chi connectivity index (χ1n) is 41.7. The summed E-state index contributed by atoms with van der Waals surface area (Å²) in [7, 11) is 5.98. The van der Waals surface area contributed by atoms with E-state index in [9.17, 15) is 19.5 Å². The number of allylic oxidation sites excluding steroid dienone is 20. The lowest BCUT2D eigenvalue weighted by Gasteiger charge is -2.25. The molecule has 0 saturated heterocycles. The normalized spacial score (nSPS) is 13.3. The summed E-state index contributed by atoms with van der Waals surface area (Å²) in [5, 5.41) is 9.78. The molecule has 99 heavy (non-hydrogen) atoms. The second kappa shape index (κ2) is 79.4. The molecule has 0 heterocycles. The molecular weight excluding hydrogens is 1220 g/mol. The van der Waals surface area contributed by atoms with Gasteiger partial charge in [0.05, 0.1) is 34.4 Å². The number of ether oxygens (including phenoxy) is 4. The van der Waals surface area contributed by atoms with Gasteiger partial charge in [-0.05, 0) is 109 Å². The van der Waals surface area contributed by atoms with Crippen LogP contribution in [-0.2, 0) is 33.3 Å². The zero-order chi connectivity index (χ0) is 71.8. The molecule has 0 radical (unpaired) electrons. The Bertz CT molecular complexity index is 2050. The van der Waals surface area contributed by atoms with E-state index in [-0.39, 0.29) is 32.2 Å². The summed E-state index contributed by atoms with van der Waals surface area (Å²) in [5.41, 5.74) is 0. The molecule has 0 aliphatic rings. The van der Waals surface area contributed by atoms with Gasteiger partial charge in [0.25, 0.3) is 6.29 Å². The largest absolute Gasteiger partial charge is 0.477 e. The van der Waals surface area contributed by atoms with E-state index < -0.39 is 24.3 Å². The van der Waals surface area contributed by atoms with Crippen LogP contribution >= 0.6 is 0 Å². The third kappa shape index (κ3) is 80.9. The van der Waals surface area contributed by atoms with E-state index in [2.05, 4.69) is 135 Å². The van der Waals surface area contributed by atoms with E-state index in [4.69, 9.17) is 18.9 Å². The maximum Gasteiger partial charge on any atom is 0.361 e. The van der Waals surface area contributed by atoms with Gasteiger partial charge in [0.15, 0.2) is 6.10 Å². The number of esters is 2. The minimum absolute atomic E-state index is 0.183. The average molecular weight is 1380 g/mol. The fraction of sp³-hybridized carbons (Fsp3) is 0.744. The molecule has 2 unspecified atom stereocenters. The van der Waals surface area contributed by atoms with Crippen molar-refractivity contribution < 1.29 is 42.9 Å².